The summed E-state index contributed by atoms with van der Waals surface area (Å²) in [5, 5.41) is 9.06. The van der Waals surface area contributed by atoms with Crippen LogP contribution in [0.4, 0.5) is 19.0 Å². The molecule has 2 N–H and O–H groups in total. The highest BCUT2D eigenvalue weighted by Gasteiger charge is 2.31. The zero-order chi connectivity index (χ0) is 15.5. The maximum atomic E-state index is 12.0. The zero-order valence-electron chi connectivity index (χ0n) is 11.0. The van der Waals surface area contributed by atoms with E-state index >= 15 is 0 Å². The molecule has 2 aromatic rings. The molecule has 0 spiro atoms. The van der Waals surface area contributed by atoms with E-state index in [1.54, 1.807) is 6.20 Å². The molecule has 0 aliphatic rings. The van der Waals surface area contributed by atoms with Gasteiger partial charge in [-0.25, -0.2) is 0 Å². The van der Waals surface area contributed by atoms with Gasteiger partial charge in [0, 0.05) is 11.1 Å². The van der Waals surface area contributed by atoms with Crippen molar-refractivity contribution in [2.24, 2.45) is 0 Å². The van der Waals surface area contributed by atoms with Crippen LogP contribution in [-0.4, -0.2) is 22.5 Å². The van der Waals surface area contributed by atoms with Crippen LogP contribution in [-0.2, 0) is 6.42 Å². The van der Waals surface area contributed by atoms with Crippen molar-refractivity contribution in [1.82, 2.24) is 10.2 Å². The van der Waals surface area contributed by atoms with Crippen LogP contribution in [0.5, 0.6) is 5.75 Å². The minimum Gasteiger partial charge on any atom is -0.406 e. The SMILES string of the molecule is CCc1cn[nH]c1NC(=O)c1ccc(OC(F)(F)F)cc1. The number of amides is 1. The second-order valence-corrected chi connectivity index (χ2v) is 4.15. The van der Waals surface area contributed by atoms with Gasteiger partial charge in [0.25, 0.3) is 5.91 Å². The van der Waals surface area contributed by atoms with Gasteiger partial charge in [-0.2, -0.15) is 5.10 Å². The second-order valence-electron chi connectivity index (χ2n) is 4.15. The van der Waals surface area contributed by atoms with Crippen molar-refractivity contribution < 1.29 is 22.7 Å². The van der Waals surface area contributed by atoms with E-state index in [0.29, 0.717) is 12.2 Å². The largest absolute Gasteiger partial charge is 0.573 e. The Hall–Kier alpha value is -2.51. The number of alkyl halides is 3. The Morgan fingerprint density at radius 3 is 2.57 bits per heavy atom. The number of halogens is 3. The first-order valence-electron chi connectivity index (χ1n) is 6.08. The van der Waals surface area contributed by atoms with Gasteiger partial charge < -0.3 is 10.1 Å². The van der Waals surface area contributed by atoms with E-state index in [9.17, 15) is 18.0 Å². The van der Waals surface area contributed by atoms with Crippen molar-refractivity contribution in [3.8, 4) is 5.75 Å². The number of rotatable bonds is 4. The Labute approximate surface area is 118 Å². The average molecular weight is 299 g/mol. The molecule has 2 rings (SSSR count). The van der Waals surface area contributed by atoms with E-state index in [4.69, 9.17) is 0 Å². The molecule has 0 radical (unpaired) electrons. The lowest BCUT2D eigenvalue weighted by molar-refractivity contribution is -0.274. The summed E-state index contributed by atoms with van der Waals surface area (Å²) in [6.07, 6.45) is -2.48. The summed E-state index contributed by atoms with van der Waals surface area (Å²) >= 11 is 0. The molecule has 0 aliphatic carbocycles. The third kappa shape index (κ3) is 3.98. The number of carbonyl (C=O) groups excluding carboxylic acids is 1. The molecule has 0 saturated carbocycles. The van der Waals surface area contributed by atoms with Gasteiger partial charge in [0.15, 0.2) is 0 Å². The molecule has 0 aliphatic heterocycles. The van der Waals surface area contributed by atoms with Crippen molar-refractivity contribution in [2.45, 2.75) is 19.7 Å². The van der Waals surface area contributed by atoms with Gasteiger partial charge in [0.1, 0.15) is 11.6 Å². The van der Waals surface area contributed by atoms with E-state index in [-0.39, 0.29) is 11.3 Å². The lowest BCUT2D eigenvalue weighted by Crippen LogP contribution is -2.17. The van der Waals surface area contributed by atoms with E-state index in [0.717, 1.165) is 17.7 Å². The molecule has 21 heavy (non-hydrogen) atoms. The van der Waals surface area contributed by atoms with Gasteiger partial charge in [-0.1, -0.05) is 6.92 Å². The van der Waals surface area contributed by atoms with Gasteiger partial charge in [0.05, 0.1) is 6.20 Å². The highest BCUT2D eigenvalue weighted by atomic mass is 19.4. The van der Waals surface area contributed by atoms with E-state index < -0.39 is 12.3 Å². The lowest BCUT2D eigenvalue weighted by atomic mass is 10.2. The molecule has 0 saturated heterocycles. The van der Waals surface area contributed by atoms with Gasteiger partial charge >= 0.3 is 6.36 Å². The average Bonchev–Trinajstić information content (AvgIpc) is 2.85. The molecular formula is C13H12F3N3O2. The van der Waals surface area contributed by atoms with Crippen LogP contribution in [0.25, 0.3) is 0 Å². The van der Waals surface area contributed by atoms with Gasteiger partial charge in [0.2, 0.25) is 0 Å². The van der Waals surface area contributed by atoms with Crippen LogP contribution < -0.4 is 10.1 Å². The van der Waals surface area contributed by atoms with Crippen LogP contribution in [0.3, 0.4) is 0 Å². The number of benzene rings is 1. The monoisotopic (exact) mass is 299 g/mol. The molecule has 1 amide bonds. The summed E-state index contributed by atoms with van der Waals surface area (Å²) < 4.78 is 39.8. The summed E-state index contributed by atoms with van der Waals surface area (Å²) in [4.78, 5) is 12.0. The zero-order valence-corrected chi connectivity index (χ0v) is 11.0. The Morgan fingerprint density at radius 1 is 1.33 bits per heavy atom. The molecule has 1 aromatic carbocycles. The Kier molecular flexibility index (Phi) is 4.15. The quantitative estimate of drug-likeness (QED) is 0.911. The van der Waals surface area contributed by atoms with Crippen LogP contribution in [0.15, 0.2) is 30.5 Å². The molecule has 8 heteroatoms. The standard InChI is InChI=1S/C13H12F3N3O2/c1-2-8-7-17-19-11(8)18-12(20)9-3-5-10(6-4-9)21-13(14,15)16/h3-7H,2H2,1H3,(H2,17,18,19,20). The maximum Gasteiger partial charge on any atom is 0.573 e. The third-order valence-electron chi connectivity index (χ3n) is 2.69. The second kappa shape index (κ2) is 5.86. The van der Waals surface area contributed by atoms with Gasteiger partial charge in [-0.15, -0.1) is 13.2 Å². The highest BCUT2D eigenvalue weighted by molar-refractivity contribution is 6.04. The summed E-state index contributed by atoms with van der Waals surface area (Å²) in [5.74, 6) is -0.361. The number of nitrogens with one attached hydrogen (secondary N) is 2. The Balaban J connectivity index is 2.06. The van der Waals surface area contributed by atoms with E-state index in [2.05, 4.69) is 20.3 Å². The van der Waals surface area contributed by atoms with Crippen molar-refractivity contribution in [1.29, 1.82) is 0 Å². The normalized spacial score (nSPS) is 11.2. The lowest BCUT2D eigenvalue weighted by Gasteiger charge is -2.09. The van der Waals surface area contributed by atoms with Crippen molar-refractivity contribution >= 4 is 11.7 Å². The number of aromatic amines is 1. The summed E-state index contributed by atoms with van der Waals surface area (Å²) in [6.45, 7) is 1.91. The number of anilines is 1. The fourth-order valence-corrected chi connectivity index (χ4v) is 1.68. The van der Waals surface area contributed by atoms with E-state index in [1.807, 2.05) is 6.92 Å². The fraction of sp³-hybridized carbons (Fsp3) is 0.231. The van der Waals surface area contributed by atoms with Crippen LogP contribution in [0.1, 0.15) is 22.8 Å². The Morgan fingerprint density at radius 2 is 2.00 bits per heavy atom. The molecule has 0 atom stereocenters. The molecular weight excluding hydrogens is 287 g/mol. The van der Waals surface area contributed by atoms with Gasteiger partial charge in [-0.3, -0.25) is 9.89 Å². The molecule has 0 fully saturated rings. The number of nitrogens with zero attached hydrogens (tertiary/aromatic N) is 1. The highest BCUT2D eigenvalue weighted by Crippen LogP contribution is 2.23. The number of ether oxygens (including phenoxy) is 1. The van der Waals surface area contributed by atoms with E-state index in [1.165, 1.54) is 12.1 Å². The van der Waals surface area contributed by atoms with Crippen LogP contribution >= 0.6 is 0 Å². The molecule has 0 unspecified atom stereocenters. The van der Waals surface area contributed by atoms with Crippen LogP contribution in [0, 0.1) is 0 Å². The first-order chi connectivity index (χ1) is 9.89. The topological polar surface area (TPSA) is 67.0 Å². The number of carbonyl (C=O) groups is 1. The first-order valence-corrected chi connectivity index (χ1v) is 6.08. The molecule has 112 valence electrons. The van der Waals surface area contributed by atoms with Gasteiger partial charge in [-0.05, 0) is 30.7 Å². The van der Waals surface area contributed by atoms with Crippen LogP contribution in [0.2, 0.25) is 0 Å². The summed E-state index contributed by atoms with van der Waals surface area (Å²) in [7, 11) is 0. The molecule has 1 aromatic heterocycles. The van der Waals surface area contributed by atoms with Crippen molar-refractivity contribution in [3.63, 3.8) is 0 Å². The number of aryl methyl sites for hydroxylation is 1. The summed E-state index contributed by atoms with van der Waals surface area (Å²) in [6, 6.07) is 4.66. The number of hydrogen-bond donors (Lipinski definition) is 2. The molecule has 1 heterocycles. The predicted molar refractivity (Wildman–Crippen MR) is 69.0 cm³/mol. The molecule has 5 nitrogen and oxygen atoms in total. The Bertz CT molecular complexity index is 620. The minimum atomic E-state index is -4.75. The van der Waals surface area contributed by atoms with Crippen molar-refractivity contribution in [2.75, 3.05) is 5.32 Å². The number of H-pyrrole nitrogens is 1. The third-order valence-corrected chi connectivity index (χ3v) is 2.69. The first kappa shape index (κ1) is 14.9. The summed E-state index contributed by atoms with van der Waals surface area (Å²) in [5.41, 5.74) is 1.04. The fourth-order valence-electron chi connectivity index (χ4n) is 1.68. The predicted octanol–water partition coefficient (Wildman–Crippen LogP) is 3.12. The maximum absolute atomic E-state index is 12.0. The molecule has 0 bridgehead atoms. The minimum absolute atomic E-state index is 0.209. The smallest absolute Gasteiger partial charge is 0.406 e. The number of hydrogen-bond acceptors (Lipinski definition) is 3. The van der Waals surface area contributed by atoms with Crippen molar-refractivity contribution in [3.05, 3.63) is 41.6 Å². The number of aromatic nitrogens is 2.